The van der Waals surface area contributed by atoms with E-state index in [1.165, 1.54) is 32.5 Å². The zero-order chi connectivity index (χ0) is 20.1. The second kappa shape index (κ2) is 8.85. The number of carbonyl (C=O) groups is 2. The van der Waals surface area contributed by atoms with E-state index in [4.69, 9.17) is 9.47 Å². The summed E-state index contributed by atoms with van der Waals surface area (Å²) < 4.78 is 10.4. The van der Waals surface area contributed by atoms with Crippen LogP contribution in [-0.2, 0) is 11.3 Å². The van der Waals surface area contributed by atoms with E-state index < -0.39 is 0 Å². The molecule has 28 heavy (non-hydrogen) atoms. The smallest absolute Gasteiger partial charge is 0.257 e. The molecule has 3 aromatic rings. The minimum absolute atomic E-state index is 0.0669. The van der Waals surface area contributed by atoms with Gasteiger partial charge in [-0.15, -0.1) is 22.7 Å². The summed E-state index contributed by atoms with van der Waals surface area (Å²) in [5.41, 5.74) is 1.20. The maximum atomic E-state index is 12.6. The topological polar surface area (TPSA) is 89.6 Å². The number of ether oxygens (including phenoxy) is 2. The second-order valence-electron chi connectivity index (χ2n) is 5.77. The number of aromatic nitrogens is 1. The Labute approximate surface area is 170 Å². The number of amides is 2. The molecule has 146 valence electrons. The van der Waals surface area contributed by atoms with Gasteiger partial charge in [-0.2, -0.15) is 0 Å². The van der Waals surface area contributed by atoms with Gasteiger partial charge in [-0.1, -0.05) is 0 Å². The van der Waals surface area contributed by atoms with Crippen molar-refractivity contribution in [2.45, 2.75) is 13.5 Å². The Morgan fingerprint density at radius 1 is 1.11 bits per heavy atom. The number of benzene rings is 1. The zero-order valence-electron chi connectivity index (χ0n) is 15.6. The van der Waals surface area contributed by atoms with Crippen LogP contribution < -0.4 is 20.1 Å². The number of thiazole rings is 1. The van der Waals surface area contributed by atoms with Crippen molar-refractivity contribution in [1.29, 1.82) is 0 Å². The van der Waals surface area contributed by atoms with E-state index in [0.717, 1.165) is 15.4 Å². The fourth-order valence-electron chi connectivity index (χ4n) is 2.37. The monoisotopic (exact) mass is 417 g/mol. The molecule has 9 heteroatoms. The minimum Gasteiger partial charge on any atom is -0.497 e. The van der Waals surface area contributed by atoms with Crippen LogP contribution >= 0.6 is 22.7 Å². The SMILES string of the molecule is COc1cc(OC)cc(C(=O)Nc2nc(-c3ccc(CNC(C)=O)s3)cs2)c1. The summed E-state index contributed by atoms with van der Waals surface area (Å²) in [4.78, 5) is 30.1. The maximum Gasteiger partial charge on any atom is 0.257 e. The lowest BCUT2D eigenvalue weighted by Gasteiger charge is -2.08. The van der Waals surface area contributed by atoms with Gasteiger partial charge in [0.15, 0.2) is 5.13 Å². The van der Waals surface area contributed by atoms with Gasteiger partial charge >= 0.3 is 0 Å². The maximum absolute atomic E-state index is 12.6. The Hall–Kier alpha value is -2.91. The Kier molecular flexibility index (Phi) is 6.27. The Bertz CT molecular complexity index is 974. The van der Waals surface area contributed by atoms with Gasteiger partial charge in [-0.3, -0.25) is 14.9 Å². The molecule has 2 amide bonds. The highest BCUT2D eigenvalue weighted by Crippen LogP contribution is 2.31. The van der Waals surface area contributed by atoms with Crippen molar-refractivity contribution < 1.29 is 19.1 Å². The third-order valence-electron chi connectivity index (χ3n) is 3.76. The number of thiophene rings is 1. The largest absolute Gasteiger partial charge is 0.497 e. The number of rotatable bonds is 7. The van der Waals surface area contributed by atoms with E-state index in [-0.39, 0.29) is 11.8 Å². The van der Waals surface area contributed by atoms with Crippen LogP contribution in [0.2, 0.25) is 0 Å². The third-order valence-corrected chi connectivity index (χ3v) is 5.63. The molecule has 0 aliphatic rings. The molecule has 7 nitrogen and oxygen atoms in total. The zero-order valence-corrected chi connectivity index (χ0v) is 17.2. The van der Waals surface area contributed by atoms with Crippen LogP contribution in [0, 0.1) is 0 Å². The Morgan fingerprint density at radius 2 is 1.82 bits per heavy atom. The second-order valence-corrected chi connectivity index (χ2v) is 7.80. The molecule has 0 fully saturated rings. The Morgan fingerprint density at radius 3 is 2.46 bits per heavy atom. The van der Waals surface area contributed by atoms with Crippen molar-refractivity contribution in [3.05, 3.63) is 46.2 Å². The van der Waals surface area contributed by atoms with E-state index in [2.05, 4.69) is 15.6 Å². The molecule has 0 atom stereocenters. The summed E-state index contributed by atoms with van der Waals surface area (Å²) in [6, 6.07) is 8.89. The van der Waals surface area contributed by atoms with Crippen LogP contribution in [0.1, 0.15) is 22.2 Å². The first-order chi connectivity index (χ1) is 13.5. The van der Waals surface area contributed by atoms with E-state index in [9.17, 15) is 9.59 Å². The van der Waals surface area contributed by atoms with Crippen LogP contribution in [0.25, 0.3) is 10.6 Å². The lowest BCUT2D eigenvalue weighted by atomic mass is 10.2. The summed E-state index contributed by atoms with van der Waals surface area (Å²) in [5.74, 6) is 0.711. The Balaban J connectivity index is 1.71. The molecule has 0 aliphatic heterocycles. The quantitative estimate of drug-likeness (QED) is 0.611. The van der Waals surface area contributed by atoms with Gasteiger partial charge in [0, 0.05) is 28.8 Å². The van der Waals surface area contributed by atoms with Crippen LogP contribution in [0.5, 0.6) is 11.5 Å². The van der Waals surface area contributed by atoms with E-state index in [1.54, 1.807) is 29.5 Å². The van der Waals surface area contributed by atoms with Crippen LogP contribution in [0.3, 0.4) is 0 Å². The number of nitrogens with one attached hydrogen (secondary N) is 2. The van der Waals surface area contributed by atoms with Crippen LogP contribution in [-0.4, -0.2) is 31.0 Å². The molecule has 0 radical (unpaired) electrons. The number of methoxy groups -OCH3 is 2. The molecule has 2 N–H and O–H groups in total. The van der Waals surface area contributed by atoms with Gasteiger partial charge in [-0.05, 0) is 24.3 Å². The van der Waals surface area contributed by atoms with Crippen molar-refractivity contribution in [3.63, 3.8) is 0 Å². The van der Waals surface area contributed by atoms with E-state index in [1.807, 2.05) is 17.5 Å². The van der Waals surface area contributed by atoms with Gasteiger partial charge < -0.3 is 14.8 Å². The fraction of sp³-hybridized carbons (Fsp3) is 0.211. The highest BCUT2D eigenvalue weighted by Gasteiger charge is 2.13. The number of anilines is 1. The molecule has 0 aliphatic carbocycles. The summed E-state index contributed by atoms with van der Waals surface area (Å²) in [7, 11) is 3.07. The number of hydrogen-bond acceptors (Lipinski definition) is 7. The van der Waals surface area contributed by atoms with Gasteiger partial charge in [0.25, 0.3) is 5.91 Å². The molecule has 0 unspecified atom stereocenters. The average molecular weight is 418 g/mol. The summed E-state index contributed by atoms with van der Waals surface area (Å²) in [5, 5.41) is 7.96. The summed E-state index contributed by atoms with van der Waals surface area (Å²) >= 11 is 2.90. The van der Waals surface area contributed by atoms with Crippen molar-refractivity contribution in [2.75, 3.05) is 19.5 Å². The highest BCUT2D eigenvalue weighted by atomic mass is 32.1. The molecule has 2 heterocycles. The number of carbonyl (C=O) groups excluding carboxylic acids is 2. The minimum atomic E-state index is -0.296. The molecular weight excluding hydrogens is 398 g/mol. The number of nitrogens with zero attached hydrogens (tertiary/aromatic N) is 1. The molecule has 0 saturated heterocycles. The van der Waals surface area contributed by atoms with Crippen molar-refractivity contribution in [2.24, 2.45) is 0 Å². The van der Waals surface area contributed by atoms with Gasteiger partial charge in [-0.25, -0.2) is 4.98 Å². The van der Waals surface area contributed by atoms with Crippen molar-refractivity contribution in [3.8, 4) is 22.1 Å². The summed E-state index contributed by atoms with van der Waals surface area (Å²) in [6.45, 7) is 1.98. The molecule has 3 rings (SSSR count). The first-order valence-corrected chi connectivity index (χ1v) is 10.0. The molecule has 0 saturated carbocycles. The van der Waals surface area contributed by atoms with Gasteiger partial charge in [0.1, 0.15) is 11.5 Å². The van der Waals surface area contributed by atoms with Gasteiger partial charge in [0.2, 0.25) is 5.91 Å². The molecular formula is C19H19N3O4S2. The van der Waals surface area contributed by atoms with Crippen molar-refractivity contribution >= 4 is 39.6 Å². The highest BCUT2D eigenvalue weighted by molar-refractivity contribution is 7.17. The molecule has 0 bridgehead atoms. The standard InChI is InChI=1S/C19H19N3O4S2/c1-11(23)20-9-15-4-5-17(28-15)16-10-27-19(21-16)22-18(24)12-6-13(25-2)8-14(7-12)26-3/h4-8,10H,9H2,1-3H3,(H,20,23)(H,21,22,24). The fourth-order valence-corrected chi connectivity index (χ4v) is 4.06. The third kappa shape index (κ3) is 4.87. The summed E-state index contributed by atoms with van der Waals surface area (Å²) in [6.07, 6.45) is 0. The van der Waals surface area contributed by atoms with Gasteiger partial charge in [0.05, 0.1) is 31.3 Å². The lowest BCUT2D eigenvalue weighted by Crippen LogP contribution is -2.17. The van der Waals surface area contributed by atoms with Crippen LogP contribution in [0.4, 0.5) is 5.13 Å². The van der Waals surface area contributed by atoms with Crippen LogP contribution in [0.15, 0.2) is 35.7 Å². The van der Waals surface area contributed by atoms with E-state index in [0.29, 0.717) is 28.7 Å². The molecule has 1 aromatic carbocycles. The average Bonchev–Trinajstić information content (AvgIpc) is 3.35. The first kappa shape index (κ1) is 19.8. The predicted octanol–water partition coefficient (Wildman–Crippen LogP) is 3.78. The van der Waals surface area contributed by atoms with E-state index >= 15 is 0 Å². The number of hydrogen-bond donors (Lipinski definition) is 2. The predicted molar refractivity (Wildman–Crippen MR) is 110 cm³/mol. The normalized spacial score (nSPS) is 10.4. The molecule has 0 spiro atoms. The first-order valence-electron chi connectivity index (χ1n) is 8.32. The molecule has 2 aromatic heterocycles. The van der Waals surface area contributed by atoms with Crippen molar-refractivity contribution in [1.82, 2.24) is 10.3 Å². The lowest BCUT2D eigenvalue weighted by molar-refractivity contribution is -0.119.